The second-order valence-corrected chi connectivity index (χ2v) is 8.55. The fourth-order valence-corrected chi connectivity index (χ4v) is 4.64. The van der Waals surface area contributed by atoms with Gasteiger partial charge in [-0.3, -0.25) is 9.69 Å². The molecule has 4 rings (SSSR count). The highest BCUT2D eigenvalue weighted by Crippen LogP contribution is 2.35. The van der Waals surface area contributed by atoms with Crippen molar-refractivity contribution < 1.29 is 24.1 Å². The SMILES string of the molecule is COc1ccc(N(C(=O)c2ccccc2OC)C2CCN(Cc3ccccc3O)CC2)cc1OC. The minimum Gasteiger partial charge on any atom is -0.508 e. The molecule has 1 amide bonds. The van der Waals surface area contributed by atoms with Crippen LogP contribution in [-0.2, 0) is 6.54 Å². The summed E-state index contributed by atoms with van der Waals surface area (Å²) in [6, 6.07) is 20.3. The number of methoxy groups -OCH3 is 3. The Morgan fingerprint density at radius 1 is 0.886 bits per heavy atom. The summed E-state index contributed by atoms with van der Waals surface area (Å²) in [6.07, 6.45) is 1.59. The van der Waals surface area contributed by atoms with E-state index in [0.29, 0.717) is 35.1 Å². The summed E-state index contributed by atoms with van der Waals surface area (Å²) in [5.41, 5.74) is 2.17. The van der Waals surface area contributed by atoms with Crippen LogP contribution < -0.4 is 19.1 Å². The predicted octanol–water partition coefficient (Wildman–Crippen LogP) is 4.73. The summed E-state index contributed by atoms with van der Waals surface area (Å²) < 4.78 is 16.4. The molecule has 1 fully saturated rings. The van der Waals surface area contributed by atoms with Gasteiger partial charge in [0.2, 0.25) is 0 Å². The molecule has 3 aromatic rings. The molecule has 1 saturated heterocycles. The lowest BCUT2D eigenvalue weighted by molar-refractivity contribution is 0.0955. The molecular formula is C28H32N2O5. The Balaban J connectivity index is 1.61. The largest absolute Gasteiger partial charge is 0.508 e. The molecule has 0 spiro atoms. The highest BCUT2D eigenvalue weighted by Gasteiger charge is 2.32. The number of anilines is 1. The number of para-hydroxylation sites is 2. The first-order valence-electron chi connectivity index (χ1n) is 11.7. The van der Waals surface area contributed by atoms with E-state index in [1.54, 1.807) is 39.5 Å². The Morgan fingerprint density at radius 2 is 1.54 bits per heavy atom. The number of piperidine rings is 1. The van der Waals surface area contributed by atoms with Gasteiger partial charge in [0.1, 0.15) is 11.5 Å². The number of rotatable bonds is 8. The van der Waals surface area contributed by atoms with Crippen LogP contribution in [0.4, 0.5) is 5.69 Å². The number of aromatic hydroxyl groups is 1. The average Bonchev–Trinajstić information content (AvgIpc) is 2.90. The lowest BCUT2D eigenvalue weighted by Gasteiger charge is -2.39. The van der Waals surface area contributed by atoms with Crippen LogP contribution in [0.15, 0.2) is 66.7 Å². The van der Waals surface area contributed by atoms with E-state index in [4.69, 9.17) is 14.2 Å². The third-order valence-corrected chi connectivity index (χ3v) is 6.51. The van der Waals surface area contributed by atoms with Gasteiger partial charge in [-0.25, -0.2) is 0 Å². The monoisotopic (exact) mass is 476 g/mol. The first-order valence-corrected chi connectivity index (χ1v) is 11.7. The van der Waals surface area contributed by atoms with Crippen LogP contribution in [0.5, 0.6) is 23.0 Å². The molecule has 0 saturated carbocycles. The van der Waals surface area contributed by atoms with Crippen LogP contribution >= 0.6 is 0 Å². The van der Waals surface area contributed by atoms with Gasteiger partial charge in [-0.2, -0.15) is 0 Å². The van der Waals surface area contributed by atoms with E-state index in [9.17, 15) is 9.90 Å². The summed E-state index contributed by atoms with van der Waals surface area (Å²) in [5, 5.41) is 10.2. The third kappa shape index (κ3) is 5.35. The molecule has 0 radical (unpaired) electrons. The van der Waals surface area contributed by atoms with Crippen molar-refractivity contribution in [3.05, 3.63) is 77.9 Å². The standard InChI is InChI=1S/C28H32N2O5/c1-33-25-11-7-5-9-23(25)28(32)30(22-12-13-26(34-2)27(18-22)35-3)21-14-16-29(17-15-21)19-20-8-4-6-10-24(20)31/h4-13,18,21,31H,14-17,19H2,1-3H3. The van der Waals surface area contributed by atoms with Gasteiger partial charge < -0.3 is 24.2 Å². The van der Waals surface area contributed by atoms with E-state index in [1.165, 1.54) is 0 Å². The van der Waals surface area contributed by atoms with Gasteiger partial charge >= 0.3 is 0 Å². The highest BCUT2D eigenvalue weighted by atomic mass is 16.5. The molecule has 1 N–H and O–H groups in total. The zero-order chi connectivity index (χ0) is 24.8. The second kappa shape index (κ2) is 11.1. The summed E-state index contributed by atoms with van der Waals surface area (Å²) in [4.78, 5) is 18.1. The number of ether oxygens (including phenoxy) is 3. The molecule has 0 unspecified atom stereocenters. The van der Waals surface area contributed by atoms with E-state index >= 15 is 0 Å². The summed E-state index contributed by atoms with van der Waals surface area (Å²) in [5.74, 6) is 1.92. The second-order valence-electron chi connectivity index (χ2n) is 8.55. The molecule has 0 bridgehead atoms. The van der Waals surface area contributed by atoms with Crippen molar-refractivity contribution in [2.24, 2.45) is 0 Å². The summed E-state index contributed by atoms with van der Waals surface area (Å²) in [7, 11) is 4.76. The Bertz CT molecular complexity index is 1160. The van der Waals surface area contributed by atoms with E-state index in [-0.39, 0.29) is 11.9 Å². The average molecular weight is 477 g/mol. The molecular weight excluding hydrogens is 444 g/mol. The fraction of sp³-hybridized carbons (Fsp3) is 0.321. The minimum atomic E-state index is -0.117. The van der Waals surface area contributed by atoms with Crippen LogP contribution in [-0.4, -0.2) is 56.4 Å². The van der Waals surface area contributed by atoms with Crippen LogP contribution in [0.25, 0.3) is 0 Å². The molecule has 3 aromatic carbocycles. The first kappa shape index (κ1) is 24.4. The topological polar surface area (TPSA) is 71.5 Å². The maximum atomic E-state index is 13.9. The van der Waals surface area contributed by atoms with Gasteiger partial charge in [-0.15, -0.1) is 0 Å². The lowest BCUT2D eigenvalue weighted by Crippen LogP contribution is -2.47. The van der Waals surface area contributed by atoms with Gasteiger partial charge in [0.15, 0.2) is 11.5 Å². The van der Waals surface area contributed by atoms with Crippen molar-refractivity contribution in [3.8, 4) is 23.0 Å². The number of likely N-dealkylation sites (tertiary alicyclic amines) is 1. The molecule has 1 heterocycles. The number of carbonyl (C=O) groups excluding carboxylic acids is 1. The zero-order valence-electron chi connectivity index (χ0n) is 20.4. The molecule has 1 aliphatic heterocycles. The van der Waals surface area contributed by atoms with Gasteiger partial charge in [0.05, 0.1) is 26.9 Å². The summed E-state index contributed by atoms with van der Waals surface area (Å²) in [6.45, 7) is 2.29. The third-order valence-electron chi connectivity index (χ3n) is 6.51. The van der Waals surface area contributed by atoms with Crippen molar-refractivity contribution in [2.45, 2.75) is 25.4 Å². The maximum Gasteiger partial charge on any atom is 0.262 e. The molecule has 35 heavy (non-hydrogen) atoms. The van der Waals surface area contributed by atoms with Crippen molar-refractivity contribution in [2.75, 3.05) is 39.3 Å². The van der Waals surface area contributed by atoms with E-state index in [1.807, 2.05) is 53.4 Å². The maximum absolute atomic E-state index is 13.9. The molecule has 1 aliphatic rings. The van der Waals surface area contributed by atoms with Gasteiger partial charge in [-0.05, 0) is 43.2 Å². The molecule has 0 aliphatic carbocycles. The van der Waals surface area contributed by atoms with Gasteiger partial charge in [-0.1, -0.05) is 30.3 Å². The molecule has 0 atom stereocenters. The van der Waals surface area contributed by atoms with E-state index < -0.39 is 0 Å². The predicted molar refractivity (Wildman–Crippen MR) is 136 cm³/mol. The normalized spacial score (nSPS) is 14.4. The Kier molecular flexibility index (Phi) is 7.77. The van der Waals surface area contributed by atoms with Gasteiger partial charge in [0.25, 0.3) is 5.91 Å². The molecule has 7 heteroatoms. The lowest BCUT2D eigenvalue weighted by atomic mass is 9.99. The van der Waals surface area contributed by atoms with E-state index in [2.05, 4.69) is 4.90 Å². The number of amides is 1. The van der Waals surface area contributed by atoms with Crippen LogP contribution in [0, 0.1) is 0 Å². The Morgan fingerprint density at radius 3 is 2.23 bits per heavy atom. The molecule has 0 aromatic heterocycles. The minimum absolute atomic E-state index is 0.00821. The number of phenolic OH excluding ortho intramolecular Hbond substituents is 1. The first-order chi connectivity index (χ1) is 17.0. The highest BCUT2D eigenvalue weighted by molar-refractivity contribution is 6.08. The zero-order valence-corrected chi connectivity index (χ0v) is 20.4. The van der Waals surface area contributed by atoms with Crippen molar-refractivity contribution in [3.63, 3.8) is 0 Å². The Labute approximate surface area is 206 Å². The fourth-order valence-electron chi connectivity index (χ4n) is 4.64. The van der Waals surface area contributed by atoms with Crippen molar-refractivity contribution in [1.82, 2.24) is 4.90 Å². The quantitative estimate of drug-likeness (QED) is 0.507. The molecule has 7 nitrogen and oxygen atoms in total. The number of phenols is 1. The van der Waals surface area contributed by atoms with Crippen LogP contribution in [0.2, 0.25) is 0 Å². The number of benzene rings is 3. The number of hydrogen-bond donors (Lipinski definition) is 1. The van der Waals surface area contributed by atoms with Gasteiger partial charge in [0, 0.05) is 43.0 Å². The number of hydrogen-bond acceptors (Lipinski definition) is 6. The smallest absolute Gasteiger partial charge is 0.262 e. The van der Waals surface area contributed by atoms with Crippen LogP contribution in [0.1, 0.15) is 28.8 Å². The number of carbonyl (C=O) groups is 1. The molecule has 184 valence electrons. The van der Waals surface area contributed by atoms with Crippen molar-refractivity contribution in [1.29, 1.82) is 0 Å². The summed E-state index contributed by atoms with van der Waals surface area (Å²) >= 11 is 0. The van der Waals surface area contributed by atoms with Crippen molar-refractivity contribution >= 4 is 11.6 Å². The number of nitrogens with zero attached hydrogens (tertiary/aromatic N) is 2. The van der Waals surface area contributed by atoms with E-state index in [0.717, 1.165) is 37.2 Å². The Hall–Kier alpha value is -3.71. The van der Waals surface area contributed by atoms with Crippen LogP contribution in [0.3, 0.4) is 0 Å².